The molecule has 7 heteroatoms. The van der Waals surface area contributed by atoms with Crippen LogP contribution in [0.1, 0.15) is 0 Å². The van der Waals surface area contributed by atoms with Gasteiger partial charge >= 0.3 is 0 Å². The number of aliphatic hydroxyl groups excluding tert-OH is 2. The Morgan fingerprint density at radius 2 is 1.00 bits per heavy atom. The number of hydrogen-bond acceptors (Lipinski definition) is 6. The number of benzene rings is 2. The van der Waals surface area contributed by atoms with Crippen LogP contribution in [0.15, 0.2) is 60.7 Å². The fourth-order valence-corrected chi connectivity index (χ4v) is 3.27. The average Bonchev–Trinajstić information content (AvgIpc) is 2.74. The first-order valence-corrected chi connectivity index (χ1v) is 9.85. The molecule has 3 rings (SSSR count). The predicted octanol–water partition coefficient (Wildman–Crippen LogP) is -1.51. The van der Waals surface area contributed by atoms with E-state index in [4.69, 9.17) is 9.47 Å². The first-order chi connectivity index (χ1) is 13.7. The molecule has 1 aliphatic heterocycles. The largest absolute Gasteiger partial charge is 1.00 e. The lowest BCUT2D eigenvalue weighted by molar-refractivity contribution is -0.00000974. The van der Waals surface area contributed by atoms with Crippen LogP contribution in [-0.4, -0.2) is 84.7 Å². The molecule has 0 aromatic heterocycles. The van der Waals surface area contributed by atoms with Crippen LogP contribution in [0.4, 0.5) is 0 Å². The van der Waals surface area contributed by atoms with E-state index >= 15 is 0 Å². The van der Waals surface area contributed by atoms with Crippen molar-refractivity contribution in [1.29, 1.82) is 0 Å². The summed E-state index contributed by atoms with van der Waals surface area (Å²) in [4.78, 5) is 4.48. The summed E-state index contributed by atoms with van der Waals surface area (Å²) in [5.74, 6) is 1.55. The fourth-order valence-electron chi connectivity index (χ4n) is 3.27. The summed E-state index contributed by atoms with van der Waals surface area (Å²) < 4.78 is 11.2. The Morgan fingerprint density at radius 1 is 0.655 bits per heavy atom. The van der Waals surface area contributed by atoms with E-state index in [1.807, 2.05) is 60.7 Å². The van der Waals surface area contributed by atoms with Gasteiger partial charge in [0.2, 0.25) is 0 Å². The Kier molecular flexibility index (Phi) is 10.2. The lowest BCUT2D eigenvalue weighted by Crippen LogP contribution is -3.00. The molecule has 6 nitrogen and oxygen atoms in total. The van der Waals surface area contributed by atoms with Crippen molar-refractivity contribution in [3.05, 3.63) is 60.7 Å². The zero-order valence-corrected chi connectivity index (χ0v) is 17.3. The third-order valence-electron chi connectivity index (χ3n) is 4.77. The van der Waals surface area contributed by atoms with E-state index in [1.165, 1.54) is 0 Å². The SMILES string of the molecule is OC(COc1ccccc1)CN1CCN(CC(O)COc2ccccc2)CC1.[Cl-]. The van der Waals surface area contributed by atoms with Crippen LogP contribution in [0, 0.1) is 0 Å². The van der Waals surface area contributed by atoms with Crippen molar-refractivity contribution in [3.63, 3.8) is 0 Å². The standard InChI is InChI=1S/C22H30N2O4.ClH/c25-19(17-27-21-7-3-1-4-8-21)15-23-11-13-24(14-12-23)16-20(26)18-28-22-9-5-2-6-10-22;/h1-10,19-20,25-26H,11-18H2;1H/p-1. The zero-order chi connectivity index (χ0) is 19.6. The van der Waals surface area contributed by atoms with Crippen molar-refractivity contribution in [2.75, 3.05) is 52.5 Å². The van der Waals surface area contributed by atoms with E-state index < -0.39 is 12.2 Å². The Labute approximate surface area is 179 Å². The molecule has 0 bridgehead atoms. The molecule has 0 aliphatic carbocycles. The number of piperazine rings is 1. The van der Waals surface area contributed by atoms with Crippen molar-refractivity contribution in [1.82, 2.24) is 9.80 Å². The third-order valence-corrected chi connectivity index (χ3v) is 4.77. The summed E-state index contributed by atoms with van der Waals surface area (Å²) in [5, 5.41) is 20.4. The van der Waals surface area contributed by atoms with Gasteiger partial charge in [0.1, 0.15) is 36.9 Å². The Bertz CT molecular complexity index is 610. The highest BCUT2D eigenvalue weighted by molar-refractivity contribution is 5.21. The van der Waals surface area contributed by atoms with E-state index in [-0.39, 0.29) is 12.4 Å². The quantitative estimate of drug-likeness (QED) is 0.486. The van der Waals surface area contributed by atoms with E-state index in [2.05, 4.69) is 9.80 Å². The van der Waals surface area contributed by atoms with Gasteiger partial charge in [-0.1, -0.05) is 36.4 Å². The number of hydrogen-bond donors (Lipinski definition) is 2. The van der Waals surface area contributed by atoms with Crippen molar-refractivity contribution in [3.8, 4) is 11.5 Å². The normalized spacial score (nSPS) is 17.2. The molecule has 0 amide bonds. The van der Waals surface area contributed by atoms with E-state index in [9.17, 15) is 10.2 Å². The van der Waals surface area contributed by atoms with Gasteiger partial charge in [-0.3, -0.25) is 9.80 Å². The Balaban J connectivity index is 0.00000300. The van der Waals surface area contributed by atoms with Gasteiger partial charge in [0.25, 0.3) is 0 Å². The maximum absolute atomic E-state index is 10.2. The molecule has 2 atom stereocenters. The molecule has 1 aliphatic rings. The minimum Gasteiger partial charge on any atom is -1.00 e. The molecule has 0 spiro atoms. The van der Waals surface area contributed by atoms with Crippen molar-refractivity contribution in [2.24, 2.45) is 0 Å². The van der Waals surface area contributed by atoms with Crippen LogP contribution in [0.5, 0.6) is 11.5 Å². The monoisotopic (exact) mass is 421 g/mol. The molecule has 0 saturated carbocycles. The molecule has 160 valence electrons. The third kappa shape index (κ3) is 8.60. The second-order valence-corrected chi connectivity index (χ2v) is 7.16. The smallest absolute Gasteiger partial charge is 0.119 e. The highest BCUT2D eigenvalue weighted by Crippen LogP contribution is 2.11. The fraction of sp³-hybridized carbons (Fsp3) is 0.455. The van der Waals surface area contributed by atoms with E-state index in [0.717, 1.165) is 37.7 Å². The predicted molar refractivity (Wildman–Crippen MR) is 109 cm³/mol. The molecule has 2 unspecified atom stereocenters. The zero-order valence-electron chi connectivity index (χ0n) is 16.6. The van der Waals surface area contributed by atoms with Crippen LogP contribution in [0.25, 0.3) is 0 Å². The van der Waals surface area contributed by atoms with Crippen LogP contribution in [0.2, 0.25) is 0 Å². The summed E-state index contributed by atoms with van der Waals surface area (Å²) in [6.45, 7) is 5.26. The van der Waals surface area contributed by atoms with Gasteiger partial charge in [0, 0.05) is 39.3 Å². The van der Waals surface area contributed by atoms with Crippen LogP contribution in [-0.2, 0) is 0 Å². The van der Waals surface area contributed by atoms with Gasteiger partial charge in [-0.15, -0.1) is 0 Å². The molecule has 2 N–H and O–H groups in total. The molecule has 1 fully saturated rings. The summed E-state index contributed by atoms with van der Waals surface area (Å²) in [7, 11) is 0. The Morgan fingerprint density at radius 3 is 1.34 bits per heavy atom. The van der Waals surface area contributed by atoms with Gasteiger partial charge in [0.05, 0.1) is 0 Å². The highest BCUT2D eigenvalue weighted by Gasteiger charge is 2.21. The minimum atomic E-state index is -0.517. The molecule has 1 saturated heterocycles. The maximum atomic E-state index is 10.2. The number of halogens is 1. The number of rotatable bonds is 10. The lowest BCUT2D eigenvalue weighted by Gasteiger charge is -2.36. The van der Waals surface area contributed by atoms with Crippen LogP contribution >= 0.6 is 0 Å². The van der Waals surface area contributed by atoms with Gasteiger partial charge in [-0.05, 0) is 24.3 Å². The minimum absolute atomic E-state index is 0. The first-order valence-electron chi connectivity index (χ1n) is 9.85. The van der Waals surface area contributed by atoms with Gasteiger partial charge in [0.15, 0.2) is 0 Å². The molecule has 2 aromatic rings. The van der Waals surface area contributed by atoms with Crippen LogP contribution < -0.4 is 21.9 Å². The maximum Gasteiger partial charge on any atom is 0.119 e. The summed E-state index contributed by atoms with van der Waals surface area (Å²) in [6, 6.07) is 19.1. The summed E-state index contributed by atoms with van der Waals surface area (Å²) in [6.07, 6.45) is -1.03. The molecule has 0 radical (unpaired) electrons. The number of nitrogens with zero attached hydrogens (tertiary/aromatic N) is 2. The summed E-state index contributed by atoms with van der Waals surface area (Å²) >= 11 is 0. The number of ether oxygens (including phenoxy) is 2. The van der Waals surface area contributed by atoms with Gasteiger partial charge < -0.3 is 32.1 Å². The average molecular weight is 422 g/mol. The molecular formula is C22H30ClN2O4-. The molecule has 2 aromatic carbocycles. The second-order valence-electron chi connectivity index (χ2n) is 7.16. The molecule has 1 heterocycles. The Hall–Kier alpha value is -1.83. The van der Waals surface area contributed by atoms with Crippen molar-refractivity contribution in [2.45, 2.75) is 12.2 Å². The van der Waals surface area contributed by atoms with E-state index in [0.29, 0.717) is 26.3 Å². The van der Waals surface area contributed by atoms with E-state index in [1.54, 1.807) is 0 Å². The number of β-amino-alcohol motifs (C(OH)–C–C–N with tert-alkyl or cyclic N) is 2. The topological polar surface area (TPSA) is 65.4 Å². The highest BCUT2D eigenvalue weighted by atomic mass is 35.5. The van der Waals surface area contributed by atoms with Crippen molar-refractivity contribution >= 4 is 0 Å². The molecular weight excluding hydrogens is 392 g/mol. The lowest BCUT2D eigenvalue weighted by atomic mass is 10.2. The summed E-state index contributed by atoms with van der Waals surface area (Å²) in [5.41, 5.74) is 0. The first kappa shape index (κ1) is 23.4. The van der Waals surface area contributed by atoms with Crippen LogP contribution in [0.3, 0.4) is 0 Å². The second kappa shape index (κ2) is 12.7. The van der Waals surface area contributed by atoms with Gasteiger partial charge in [-0.25, -0.2) is 0 Å². The van der Waals surface area contributed by atoms with Crippen molar-refractivity contribution < 1.29 is 32.1 Å². The number of aliphatic hydroxyl groups is 2. The number of para-hydroxylation sites is 2. The van der Waals surface area contributed by atoms with Gasteiger partial charge in [-0.2, -0.15) is 0 Å². The molecule has 29 heavy (non-hydrogen) atoms.